The molecule has 28 heavy (non-hydrogen) atoms. The van der Waals surface area contributed by atoms with Gasteiger partial charge in [0, 0.05) is 22.5 Å². The average molecular weight is 360 g/mol. The molecule has 0 bridgehead atoms. The molecule has 2 nitrogen and oxygen atoms in total. The van der Waals surface area contributed by atoms with Crippen LogP contribution in [0.25, 0.3) is 43.8 Å². The van der Waals surface area contributed by atoms with Crippen LogP contribution in [0.5, 0.6) is 0 Å². The van der Waals surface area contributed by atoms with Crippen LogP contribution < -0.4 is 11.5 Å². The summed E-state index contributed by atoms with van der Waals surface area (Å²) in [7, 11) is 0. The highest BCUT2D eigenvalue weighted by Crippen LogP contribution is 2.37. The zero-order valence-electron chi connectivity index (χ0n) is 15.4. The lowest BCUT2D eigenvalue weighted by Crippen LogP contribution is -1.93. The van der Waals surface area contributed by atoms with Gasteiger partial charge in [0.1, 0.15) is 0 Å². The maximum absolute atomic E-state index is 6.35. The van der Waals surface area contributed by atoms with Crippen LogP contribution in [0.4, 0.5) is 11.4 Å². The molecule has 0 atom stereocenters. The third-order valence-corrected chi connectivity index (χ3v) is 5.38. The van der Waals surface area contributed by atoms with E-state index in [-0.39, 0.29) is 0 Å². The van der Waals surface area contributed by atoms with E-state index in [0.29, 0.717) is 0 Å². The summed E-state index contributed by atoms with van der Waals surface area (Å²) < 4.78 is 0. The predicted octanol–water partition coefficient (Wildman–Crippen LogP) is 6.49. The van der Waals surface area contributed by atoms with Crippen LogP contribution >= 0.6 is 0 Å². The topological polar surface area (TPSA) is 52.0 Å². The van der Waals surface area contributed by atoms with Crippen molar-refractivity contribution in [1.29, 1.82) is 0 Å². The normalized spacial score (nSPS) is 11.1. The van der Waals surface area contributed by atoms with Crippen molar-refractivity contribution in [3.63, 3.8) is 0 Å². The zero-order chi connectivity index (χ0) is 19.1. The molecule has 0 heterocycles. The molecule has 5 rings (SSSR count). The van der Waals surface area contributed by atoms with Crippen LogP contribution in [0.2, 0.25) is 0 Å². The van der Waals surface area contributed by atoms with Gasteiger partial charge in [-0.05, 0) is 44.8 Å². The van der Waals surface area contributed by atoms with Gasteiger partial charge < -0.3 is 11.5 Å². The van der Waals surface area contributed by atoms with E-state index in [4.69, 9.17) is 11.5 Å². The van der Waals surface area contributed by atoms with E-state index < -0.39 is 0 Å². The fourth-order valence-electron chi connectivity index (χ4n) is 4.02. The number of hydrogen-bond donors (Lipinski definition) is 2. The smallest absolute Gasteiger partial charge is 0.0400 e. The van der Waals surface area contributed by atoms with Crippen molar-refractivity contribution in [3.8, 4) is 22.3 Å². The molecule has 0 aliphatic carbocycles. The van der Waals surface area contributed by atoms with Crippen molar-refractivity contribution in [2.75, 3.05) is 11.5 Å². The quantitative estimate of drug-likeness (QED) is 0.353. The molecular weight excluding hydrogens is 340 g/mol. The first-order valence-corrected chi connectivity index (χ1v) is 9.37. The Labute approximate surface area is 164 Å². The lowest BCUT2D eigenvalue weighted by Gasteiger charge is -2.13. The summed E-state index contributed by atoms with van der Waals surface area (Å²) in [6, 6.07) is 33.3. The summed E-state index contributed by atoms with van der Waals surface area (Å²) in [6.45, 7) is 0. The molecular formula is C26H20N2. The second-order valence-corrected chi connectivity index (χ2v) is 7.08. The molecule has 4 N–H and O–H groups in total. The van der Waals surface area contributed by atoms with E-state index in [9.17, 15) is 0 Å². The van der Waals surface area contributed by atoms with Crippen LogP contribution in [0.1, 0.15) is 0 Å². The van der Waals surface area contributed by atoms with Gasteiger partial charge in [-0.25, -0.2) is 0 Å². The summed E-state index contributed by atoms with van der Waals surface area (Å²) in [5, 5.41) is 4.71. The molecule has 0 saturated carbocycles. The Kier molecular flexibility index (Phi) is 3.77. The Morgan fingerprint density at radius 1 is 0.393 bits per heavy atom. The Morgan fingerprint density at radius 3 is 1.21 bits per heavy atom. The average Bonchev–Trinajstić information content (AvgIpc) is 2.74. The number of nitrogen functional groups attached to an aromatic ring is 2. The molecule has 5 aromatic rings. The van der Waals surface area contributed by atoms with Crippen molar-refractivity contribution < 1.29 is 0 Å². The van der Waals surface area contributed by atoms with E-state index in [1.165, 1.54) is 21.5 Å². The lowest BCUT2D eigenvalue weighted by atomic mass is 9.93. The standard InChI is InChI=1S/C26H20N2/c27-23-15-13-17-5-1-3-7-21(17)25(23)19-9-11-20(12-10-19)26-22-8-4-2-6-18(22)14-16-24(26)28/h1-16H,27-28H2. The molecule has 134 valence electrons. The van der Waals surface area contributed by atoms with Crippen molar-refractivity contribution in [1.82, 2.24) is 0 Å². The van der Waals surface area contributed by atoms with Gasteiger partial charge in [0.2, 0.25) is 0 Å². The molecule has 0 amide bonds. The third kappa shape index (κ3) is 2.58. The monoisotopic (exact) mass is 360 g/mol. The van der Waals surface area contributed by atoms with Crippen LogP contribution in [0, 0.1) is 0 Å². The SMILES string of the molecule is Nc1ccc2ccccc2c1-c1ccc(-c2c(N)ccc3ccccc23)cc1. The van der Waals surface area contributed by atoms with Gasteiger partial charge in [-0.2, -0.15) is 0 Å². The Morgan fingerprint density at radius 2 is 0.786 bits per heavy atom. The van der Waals surface area contributed by atoms with Crippen molar-refractivity contribution in [2.45, 2.75) is 0 Å². The van der Waals surface area contributed by atoms with Gasteiger partial charge in [-0.1, -0.05) is 84.9 Å². The minimum atomic E-state index is 0.788. The fourth-order valence-corrected chi connectivity index (χ4v) is 4.02. The molecule has 5 aromatic carbocycles. The number of benzene rings is 5. The first kappa shape index (κ1) is 16.4. The number of fused-ring (bicyclic) bond motifs is 2. The van der Waals surface area contributed by atoms with E-state index in [1.54, 1.807) is 0 Å². The van der Waals surface area contributed by atoms with E-state index in [1.807, 2.05) is 12.1 Å². The Bertz CT molecular complexity index is 1210. The van der Waals surface area contributed by atoms with Gasteiger partial charge in [0.25, 0.3) is 0 Å². The summed E-state index contributed by atoms with van der Waals surface area (Å²) in [5.41, 5.74) is 18.6. The van der Waals surface area contributed by atoms with Crippen molar-refractivity contribution in [3.05, 3.63) is 97.1 Å². The highest BCUT2D eigenvalue weighted by molar-refractivity contribution is 6.04. The maximum atomic E-state index is 6.35. The van der Waals surface area contributed by atoms with E-state index in [0.717, 1.165) is 33.6 Å². The largest absolute Gasteiger partial charge is 0.398 e. The summed E-state index contributed by atoms with van der Waals surface area (Å²) >= 11 is 0. The predicted molar refractivity (Wildman–Crippen MR) is 121 cm³/mol. The molecule has 0 fully saturated rings. The number of anilines is 2. The van der Waals surface area contributed by atoms with Crippen LogP contribution in [0.15, 0.2) is 97.1 Å². The lowest BCUT2D eigenvalue weighted by molar-refractivity contribution is 1.61. The molecule has 0 aliphatic heterocycles. The minimum absolute atomic E-state index is 0.788. The molecule has 2 heteroatoms. The van der Waals surface area contributed by atoms with Gasteiger partial charge in [0.05, 0.1) is 0 Å². The fraction of sp³-hybridized carbons (Fsp3) is 0. The number of nitrogens with two attached hydrogens (primary N) is 2. The summed E-state index contributed by atoms with van der Waals surface area (Å²) in [4.78, 5) is 0. The molecule has 0 aromatic heterocycles. The van der Waals surface area contributed by atoms with Crippen molar-refractivity contribution in [2.24, 2.45) is 0 Å². The van der Waals surface area contributed by atoms with Crippen LogP contribution in [0.3, 0.4) is 0 Å². The number of rotatable bonds is 2. The van der Waals surface area contributed by atoms with Gasteiger partial charge in [-0.15, -0.1) is 0 Å². The van der Waals surface area contributed by atoms with Gasteiger partial charge in [0.15, 0.2) is 0 Å². The van der Waals surface area contributed by atoms with E-state index in [2.05, 4.69) is 84.9 Å². The first-order valence-electron chi connectivity index (χ1n) is 9.37. The van der Waals surface area contributed by atoms with Crippen LogP contribution in [-0.2, 0) is 0 Å². The second kappa shape index (κ2) is 6.43. The second-order valence-electron chi connectivity index (χ2n) is 7.08. The molecule has 0 unspecified atom stereocenters. The zero-order valence-corrected chi connectivity index (χ0v) is 15.4. The van der Waals surface area contributed by atoms with Crippen LogP contribution in [-0.4, -0.2) is 0 Å². The molecule has 0 radical (unpaired) electrons. The molecule has 0 saturated heterocycles. The Hall–Kier alpha value is -3.78. The highest BCUT2D eigenvalue weighted by Gasteiger charge is 2.11. The van der Waals surface area contributed by atoms with Crippen molar-refractivity contribution >= 4 is 32.9 Å². The maximum Gasteiger partial charge on any atom is 0.0400 e. The summed E-state index contributed by atoms with van der Waals surface area (Å²) in [6.07, 6.45) is 0. The summed E-state index contributed by atoms with van der Waals surface area (Å²) in [5.74, 6) is 0. The first-order chi connectivity index (χ1) is 13.7. The third-order valence-electron chi connectivity index (χ3n) is 5.38. The van der Waals surface area contributed by atoms with Gasteiger partial charge >= 0.3 is 0 Å². The molecule has 0 aliphatic rings. The highest BCUT2D eigenvalue weighted by atomic mass is 14.6. The number of hydrogen-bond acceptors (Lipinski definition) is 2. The molecule has 0 spiro atoms. The minimum Gasteiger partial charge on any atom is -0.398 e. The Balaban J connectivity index is 1.68. The van der Waals surface area contributed by atoms with Gasteiger partial charge in [-0.3, -0.25) is 0 Å². The van der Waals surface area contributed by atoms with E-state index >= 15 is 0 Å².